The van der Waals surface area contributed by atoms with Crippen LogP contribution in [0.1, 0.15) is 29.2 Å². The molecule has 0 spiro atoms. The fourth-order valence-electron chi connectivity index (χ4n) is 2.83. The van der Waals surface area contributed by atoms with Gasteiger partial charge in [0.25, 0.3) is 0 Å². The van der Waals surface area contributed by atoms with Crippen molar-refractivity contribution in [3.8, 4) is 0 Å². The number of carbonyl (C=O) groups excluding carboxylic acids is 2. The second kappa shape index (κ2) is 8.47. The molecule has 0 saturated heterocycles. The lowest BCUT2D eigenvalue weighted by Gasteiger charge is -2.28. The third kappa shape index (κ3) is 4.92. The quantitative estimate of drug-likeness (QED) is 0.880. The van der Waals surface area contributed by atoms with Crippen LogP contribution in [0.15, 0.2) is 48.5 Å². The van der Waals surface area contributed by atoms with Crippen LogP contribution in [0.25, 0.3) is 0 Å². The van der Waals surface area contributed by atoms with Gasteiger partial charge < -0.3 is 10.2 Å². The molecule has 0 aromatic heterocycles. The summed E-state index contributed by atoms with van der Waals surface area (Å²) in [5, 5.41) is 2.64. The van der Waals surface area contributed by atoms with Gasteiger partial charge in [-0.2, -0.15) is 0 Å². The maximum absolute atomic E-state index is 13.0. The lowest BCUT2D eigenvalue weighted by atomic mass is 10.0. The Morgan fingerprint density at radius 2 is 1.76 bits per heavy atom. The van der Waals surface area contributed by atoms with Gasteiger partial charge in [-0.3, -0.25) is 9.59 Å². The molecule has 132 valence electrons. The van der Waals surface area contributed by atoms with Crippen LogP contribution in [0.3, 0.4) is 0 Å². The standard InChI is InChI=1S/C21H26N2O2/c1-15-10-11-16(2)19(12-15)13-20(24)23(17(3)21(25)22-4)14-18-8-6-5-7-9-18/h5-12,17H,13-14H2,1-4H3,(H,22,25)/t17-/m1/s1. The smallest absolute Gasteiger partial charge is 0.242 e. The predicted octanol–water partition coefficient (Wildman–Crippen LogP) is 3.01. The molecule has 0 radical (unpaired) electrons. The summed E-state index contributed by atoms with van der Waals surface area (Å²) in [6.07, 6.45) is 0.293. The Balaban J connectivity index is 2.25. The van der Waals surface area contributed by atoms with Gasteiger partial charge in [-0.25, -0.2) is 0 Å². The summed E-state index contributed by atoms with van der Waals surface area (Å²) in [6.45, 7) is 6.20. The topological polar surface area (TPSA) is 49.4 Å². The monoisotopic (exact) mass is 338 g/mol. The second-order valence-corrected chi connectivity index (χ2v) is 6.40. The van der Waals surface area contributed by atoms with Gasteiger partial charge in [0.1, 0.15) is 6.04 Å². The molecule has 0 unspecified atom stereocenters. The van der Waals surface area contributed by atoms with Crippen LogP contribution in [-0.4, -0.2) is 29.8 Å². The molecule has 0 aliphatic heterocycles. The molecule has 25 heavy (non-hydrogen) atoms. The Hall–Kier alpha value is -2.62. The molecule has 0 heterocycles. The van der Waals surface area contributed by atoms with E-state index in [1.54, 1.807) is 18.9 Å². The van der Waals surface area contributed by atoms with E-state index in [0.29, 0.717) is 13.0 Å². The van der Waals surface area contributed by atoms with Crippen LogP contribution in [-0.2, 0) is 22.6 Å². The van der Waals surface area contributed by atoms with Crippen molar-refractivity contribution in [3.63, 3.8) is 0 Å². The van der Waals surface area contributed by atoms with E-state index in [4.69, 9.17) is 0 Å². The van der Waals surface area contributed by atoms with E-state index in [2.05, 4.69) is 5.32 Å². The maximum atomic E-state index is 13.0. The molecular weight excluding hydrogens is 312 g/mol. The van der Waals surface area contributed by atoms with Gasteiger partial charge in [0.2, 0.25) is 11.8 Å². The Labute approximate surface area is 149 Å². The molecular formula is C21H26N2O2. The minimum Gasteiger partial charge on any atom is -0.357 e. The van der Waals surface area contributed by atoms with Crippen LogP contribution in [0.2, 0.25) is 0 Å². The van der Waals surface area contributed by atoms with Gasteiger partial charge in [-0.1, -0.05) is 54.1 Å². The first-order chi connectivity index (χ1) is 11.9. The first-order valence-electron chi connectivity index (χ1n) is 8.53. The number of amides is 2. The molecule has 2 rings (SSSR count). The summed E-state index contributed by atoms with van der Waals surface area (Å²) in [7, 11) is 1.59. The van der Waals surface area contributed by atoms with Crippen molar-refractivity contribution >= 4 is 11.8 Å². The molecule has 0 fully saturated rings. The van der Waals surface area contributed by atoms with E-state index < -0.39 is 6.04 Å². The van der Waals surface area contributed by atoms with Crippen molar-refractivity contribution < 1.29 is 9.59 Å². The fraction of sp³-hybridized carbons (Fsp3) is 0.333. The van der Waals surface area contributed by atoms with Crippen LogP contribution in [0.5, 0.6) is 0 Å². The molecule has 1 N–H and O–H groups in total. The molecule has 1 atom stereocenters. The van der Waals surface area contributed by atoms with Gasteiger partial charge >= 0.3 is 0 Å². The SMILES string of the molecule is CNC(=O)[C@@H](C)N(Cc1ccccc1)C(=O)Cc1cc(C)ccc1C. The number of likely N-dealkylation sites (N-methyl/N-ethyl adjacent to an activating group) is 1. The van der Waals surface area contributed by atoms with Crippen LogP contribution >= 0.6 is 0 Å². The highest BCUT2D eigenvalue weighted by atomic mass is 16.2. The Kier molecular flexibility index (Phi) is 6.34. The highest BCUT2D eigenvalue weighted by Gasteiger charge is 2.25. The van der Waals surface area contributed by atoms with Crippen LogP contribution < -0.4 is 5.32 Å². The van der Waals surface area contributed by atoms with E-state index in [0.717, 1.165) is 22.3 Å². The second-order valence-electron chi connectivity index (χ2n) is 6.40. The average Bonchev–Trinajstić information content (AvgIpc) is 2.62. The molecule has 0 aliphatic rings. The Bertz CT molecular complexity index is 741. The van der Waals surface area contributed by atoms with Crippen molar-refractivity contribution in [3.05, 3.63) is 70.8 Å². The minimum absolute atomic E-state index is 0.0475. The summed E-state index contributed by atoms with van der Waals surface area (Å²) >= 11 is 0. The third-order valence-corrected chi connectivity index (χ3v) is 4.46. The van der Waals surface area contributed by atoms with Gasteiger partial charge in [0.05, 0.1) is 6.42 Å². The van der Waals surface area contributed by atoms with E-state index in [1.807, 2.05) is 62.4 Å². The first kappa shape index (κ1) is 18.7. The summed E-state index contributed by atoms with van der Waals surface area (Å²) in [5.41, 5.74) is 4.23. The minimum atomic E-state index is -0.525. The van der Waals surface area contributed by atoms with Gasteiger partial charge in [0.15, 0.2) is 0 Å². The van der Waals surface area contributed by atoms with E-state index in [9.17, 15) is 9.59 Å². The number of aryl methyl sites for hydroxylation is 2. The van der Waals surface area contributed by atoms with Crippen LogP contribution in [0, 0.1) is 13.8 Å². The molecule has 2 aromatic carbocycles. The number of nitrogens with zero attached hydrogens (tertiary/aromatic N) is 1. The number of hydrogen-bond acceptors (Lipinski definition) is 2. The molecule has 0 saturated carbocycles. The zero-order chi connectivity index (χ0) is 18.4. The summed E-state index contributed by atoms with van der Waals surface area (Å²) < 4.78 is 0. The zero-order valence-corrected chi connectivity index (χ0v) is 15.4. The Morgan fingerprint density at radius 3 is 2.40 bits per heavy atom. The predicted molar refractivity (Wildman–Crippen MR) is 100 cm³/mol. The lowest BCUT2D eigenvalue weighted by molar-refractivity contribution is -0.139. The fourth-order valence-corrected chi connectivity index (χ4v) is 2.83. The van der Waals surface area contributed by atoms with Gasteiger partial charge in [-0.15, -0.1) is 0 Å². The number of carbonyl (C=O) groups is 2. The van der Waals surface area contributed by atoms with Crippen molar-refractivity contribution in [2.75, 3.05) is 7.05 Å². The number of nitrogens with one attached hydrogen (secondary N) is 1. The Morgan fingerprint density at radius 1 is 1.08 bits per heavy atom. The zero-order valence-electron chi connectivity index (χ0n) is 15.4. The van der Waals surface area contributed by atoms with Crippen molar-refractivity contribution in [1.29, 1.82) is 0 Å². The average molecular weight is 338 g/mol. The molecule has 0 aliphatic carbocycles. The normalized spacial score (nSPS) is 11.7. The maximum Gasteiger partial charge on any atom is 0.242 e. The molecule has 0 bridgehead atoms. The largest absolute Gasteiger partial charge is 0.357 e. The van der Waals surface area contributed by atoms with E-state index in [1.165, 1.54) is 0 Å². The lowest BCUT2D eigenvalue weighted by Crippen LogP contribution is -2.47. The molecule has 4 heteroatoms. The third-order valence-electron chi connectivity index (χ3n) is 4.46. The summed E-state index contributed by atoms with van der Waals surface area (Å²) in [5.74, 6) is -0.209. The van der Waals surface area contributed by atoms with Crippen molar-refractivity contribution in [1.82, 2.24) is 10.2 Å². The summed E-state index contributed by atoms with van der Waals surface area (Å²) in [4.78, 5) is 26.8. The number of hydrogen-bond donors (Lipinski definition) is 1. The van der Waals surface area contributed by atoms with Crippen LogP contribution in [0.4, 0.5) is 0 Å². The highest BCUT2D eigenvalue weighted by molar-refractivity contribution is 5.88. The van der Waals surface area contributed by atoms with Gasteiger partial charge in [-0.05, 0) is 37.5 Å². The van der Waals surface area contributed by atoms with Gasteiger partial charge in [0, 0.05) is 13.6 Å². The molecule has 2 amide bonds. The number of rotatable bonds is 6. The summed E-state index contributed by atoms with van der Waals surface area (Å²) in [6, 6.07) is 15.3. The van der Waals surface area contributed by atoms with Crippen molar-refractivity contribution in [2.45, 2.75) is 39.8 Å². The molecule has 4 nitrogen and oxygen atoms in total. The van der Waals surface area contributed by atoms with E-state index in [-0.39, 0.29) is 11.8 Å². The molecule has 2 aromatic rings. The van der Waals surface area contributed by atoms with Crippen molar-refractivity contribution in [2.24, 2.45) is 0 Å². The number of benzene rings is 2. The van der Waals surface area contributed by atoms with E-state index >= 15 is 0 Å². The highest BCUT2D eigenvalue weighted by Crippen LogP contribution is 2.16. The first-order valence-corrected chi connectivity index (χ1v) is 8.53.